The van der Waals surface area contributed by atoms with Crippen molar-refractivity contribution in [3.63, 3.8) is 0 Å². The van der Waals surface area contributed by atoms with Crippen molar-refractivity contribution in [2.45, 2.75) is 70.6 Å². The maximum atomic E-state index is 13.2. The quantitative estimate of drug-likeness (QED) is 0.689. The molecule has 0 aliphatic carbocycles. The van der Waals surface area contributed by atoms with E-state index < -0.39 is 5.60 Å². The minimum atomic E-state index is -0.503. The fourth-order valence-electron chi connectivity index (χ4n) is 4.67. The maximum absolute atomic E-state index is 13.2. The smallest absolute Gasteiger partial charge is 0.410 e. The third-order valence-corrected chi connectivity index (χ3v) is 5.84. The molecule has 0 saturated carbocycles. The Hall–Kier alpha value is -2.43. The van der Waals surface area contributed by atoms with Gasteiger partial charge < -0.3 is 9.64 Å². The molecule has 2 bridgehead atoms. The molecule has 2 fully saturated rings. The van der Waals surface area contributed by atoms with Gasteiger partial charge in [0.25, 0.3) is 0 Å². The molecule has 5 nitrogen and oxygen atoms in total. The molecule has 2 aromatic rings. The predicted octanol–water partition coefficient (Wildman–Crippen LogP) is 4.99. The minimum Gasteiger partial charge on any atom is -0.444 e. The molecule has 2 saturated heterocycles. The molecular weight excluding hydrogens is 352 g/mol. The second-order valence-electron chi connectivity index (χ2n) is 9.07. The van der Waals surface area contributed by atoms with Crippen LogP contribution in [-0.2, 0) is 4.74 Å². The number of amides is 1. The summed E-state index contributed by atoms with van der Waals surface area (Å²) in [4.78, 5) is 32.2. The van der Waals surface area contributed by atoms with Crippen molar-refractivity contribution in [3.05, 3.63) is 42.1 Å². The zero-order valence-corrected chi connectivity index (χ0v) is 16.9. The molecule has 0 N–H and O–H groups in total. The number of piperidine rings is 2. The highest BCUT2D eigenvalue weighted by Crippen LogP contribution is 2.39. The van der Waals surface area contributed by atoms with Crippen LogP contribution in [0.5, 0.6) is 0 Å². The number of Topliss-reactive ketones (excluding diaryl/α,β-unsaturated/α-hetero) is 1. The van der Waals surface area contributed by atoms with E-state index in [0.29, 0.717) is 0 Å². The molecule has 1 amide bonds. The Balaban J connectivity index is 1.53. The first-order chi connectivity index (χ1) is 13.3. The second-order valence-corrected chi connectivity index (χ2v) is 9.07. The number of ketones is 1. The summed E-state index contributed by atoms with van der Waals surface area (Å²) < 4.78 is 5.64. The molecule has 28 heavy (non-hydrogen) atoms. The Morgan fingerprint density at radius 2 is 1.82 bits per heavy atom. The third kappa shape index (κ3) is 3.75. The van der Waals surface area contributed by atoms with Gasteiger partial charge in [-0.3, -0.25) is 9.78 Å². The number of ether oxygens (including phenoxy) is 1. The summed E-state index contributed by atoms with van der Waals surface area (Å²) >= 11 is 0. The lowest BCUT2D eigenvalue weighted by atomic mass is 9.76. The van der Waals surface area contributed by atoms with Gasteiger partial charge in [-0.15, -0.1) is 0 Å². The number of carbonyl (C=O) groups is 2. The van der Waals surface area contributed by atoms with Crippen molar-refractivity contribution in [1.29, 1.82) is 0 Å². The van der Waals surface area contributed by atoms with Crippen LogP contribution in [0.25, 0.3) is 10.9 Å². The van der Waals surface area contributed by atoms with E-state index >= 15 is 0 Å². The van der Waals surface area contributed by atoms with Crippen molar-refractivity contribution >= 4 is 22.8 Å². The van der Waals surface area contributed by atoms with Crippen LogP contribution in [0.15, 0.2) is 36.5 Å². The summed E-state index contributed by atoms with van der Waals surface area (Å²) in [5, 5.41) is 0.986. The molecule has 2 unspecified atom stereocenters. The summed E-state index contributed by atoms with van der Waals surface area (Å²) in [6, 6.07) is 9.81. The van der Waals surface area contributed by atoms with Gasteiger partial charge in [0.15, 0.2) is 5.78 Å². The summed E-state index contributed by atoms with van der Waals surface area (Å²) in [6.07, 6.45) is 5.97. The third-order valence-electron chi connectivity index (χ3n) is 5.84. The number of nitrogens with zero attached hydrogens (tertiary/aromatic N) is 2. The van der Waals surface area contributed by atoms with Crippen LogP contribution in [0, 0.1) is 5.92 Å². The van der Waals surface area contributed by atoms with Gasteiger partial charge >= 0.3 is 6.09 Å². The molecule has 4 rings (SSSR count). The highest BCUT2D eigenvalue weighted by Gasteiger charge is 2.44. The van der Waals surface area contributed by atoms with Crippen molar-refractivity contribution in [1.82, 2.24) is 9.88 Å². The molecule has 3 heterocycles. The zero-order valence-electron chi connectivity index (χ0n) is 16.9. The van der Waals surface area contributed by atoms with Gasteiger partial charge in [0.1, 0.15) is 5.60 Å². The number of rotatable bonds is 2. The molecule has 2 aliphatic rings. The largest absolute Gasteiger partial charge is 0.444 e. The first-order valence-electron chi connectivity index (χ1n) is 10.2. The van der Waals surface area contributed by atoms with Gasteiger partial charge in [0, 0.05) is 35.1 Å². The highest BCUT2D eigenvalue weighted by molar-refractivity contribution is 6.01. The van der Waals surface area contributed by atoms with Crippen molar-refractivity contribution in [2.24, 2.45) is 5.92 Å². The summed E-state index contributed by atoms with van der Waals surface area (Å²) in [5.74, 6) is 0.148. The molecule has 2 aliphatic heterocycles. The number of fused-ring (bicyclic) bond motifs is 3. The van der Waals surface area contributed by atoms with E-state index in [-0.39, 0.29) is 29.9 Å². The van der Waals surface area contributed by atoms with E-state index in [1.54, 1.807) is 6.20 Å². The Kier molecular flexibility index (Phi) is 4.86. The van der Waals surface area contributed by atoms with Crippen LogP contribution in [0.2, 0.25) is 0 Å². The molecule has 2 atom stereocenters. The van der Waals surface area contributed by atoms with E-state index in [4.69, 9.17) is 4.74 Å². The van der Waals surface area contributed by atoms with Gasteiger partial charge in [-0.05, 0) is 77.1 Å². The van der Waals surface area contributed by atoms with Crippen LogP contribution in [-0.4, -0.2) is 39.4 Å². The van der Waals surface area contributed by atoms with Gasteiger partial charge in [-0.1, -0.05) is 6.07 Å². The monoisotopic (exact) mass is 380 g/mol. The summed E-state index contributed by atoms with van der Waals surface area (Å²) in [6.45, 7) is 5.68. The summed E-state index contributed by atoms with van der Waals surface area (Å²) in [7, 11) is 0. The van der Waals surface area contributed by atoms with Crippen LogP contribution >= 0.6 is 0 Å². The Morgan fingerprint density at radius 1 is 1.11 bits per heavy atom. The Bertz CT molecular complexity index is 888. The molecule has 0 spiro atoms. The number of carbonyl (C=O) groups excluding carboxylic acids is 2. The Labute approximate surface area is 166 Å². The molecule has 148 valence electrons. The highest BCUT2D eigenvalue weighted by atomic mass is 16.6. The van der Waals surface area contributed by atoms with Crippen LogP contribution < -0.4 is 0 Å². The molecular formula is C23H28N2O3. The average Bonchev–Trinajstić information content (AvgIpc) is 2.64. The van der Waals surface area contributed by atoms with Gasteiger partial charge in [0.05, 0.1) is 5.52 Å². The minimum absolute atomic E-state index is 0.0388. The molecule has 5 heteroatoms. The Morgan fingerprint density at radius 3 is 2.50 bits per heavy atom. The standard InChI is InChI=1S/C23H28N2O3/c1-23(2,3)28-22(27)25-18-7-4-8-19(25)14-17(13-18)21(26)16-9-10-20-15(12-16)6-5-11-24-20/h5-6,9-12,17-19H,4,7-8,13-14H2,1-3H3. The molecule has 1 aromatic heterocycles. The van der Waals surface area contributed by atoms with E-state index in [0.717, 1.165) is 48.6 Å². The van der Waals surface area contributed by atoms with Gasteiger partial charge in [-0.2, -0.15) is 0 Å². The van der Waals surface area contributed by atoms with Crippen molar-refractivity contribution in [3.8, 4) is 0 Å². The van der Waals surface area contributed by atoms with Crippen molar-refractivity contribution < 1.29 is 14.3 Å². The topological polar surface area (TPSA) is 59.5 Å². The lowest BCUT2D eigenvalue weighted by molar-refractivity contribution is -0.0260. The summed E-state index contributed by atoms with van der Waals surface area (Å²) in [5.41, 5.74) is 1.14. The molecule has 0 radical (unpaired) electrons. The normalized spacial score (nSPS) is 24.8. The molecule has 1 aromatic carbocycles. The van der Waals surface area contributed by atoms with Crippen LogP contribution in [0.3, 0.4) is 0 Å². The van der Waals surface area contributed by atoms with Crippen molar-refractivity contribution in [2.75, 3.05) is 0 Å². The second kappa shape index (κ2) is 7.19. The van der Waals surface area contributed by atoms with Crippen LogP contribution in [0.1, 0.15) is 63.2 Å². The van der Waals surface area contributed by atoms with E-state index in [1.807, 2.05) is 56.0 Å². The fraction of sp³-hybridized carbons (Fsp3) is 0.522. The predicted molar refractivity (Wildman–Crippen MR) is 108 cm³/mol. The van der Waals surface area contributed by atoms with Gasteiger partial charge in [0.2, 0.25) is 0 Å². The number of benzene rings is 1. The number of hydrogen-bond donors (Lipinski definition) is 0. The first-order valence-corrected chi connectivity index (χ1v) is 10.2. The maximum Gasteiger partial charge on any atom is 0.410 e. The SMILES string of the molecule is CC(C)(C)OC(=O)N1C2CCCC1CC(C(=O)c1ccc3ncccc3c1)C2. The van der Waals surface area contributed by atoms with E-state index in [2.05, 4.69) is 4.98 Å². The van der Waals surface area contributed by atoms with E-state index in [1.165, 1.54) is 0 Å². The lowest BCUT2D eigenvalue weighted by Gasteiger charge is -2.48. The van der Waals surface area contributed by atoms with E-state index in [9.17, 15) is 9.59 Å². The number of hydrogen-bond acceptors (Lipinski definition) is 4. The zero-order chi connectivity index (χ0) is 19.9. The number of aromatic nitrogens is 1. The van der Waals surface area contributed by atoms with Gasteiger partial charge in [-0.25, -0.2) is 4.79 Å². The van der Waals surface area contributed by atoms with Crippen LogP contribution in [0.4, 0.5) is 4.79 Å². The number of pyridine rings is 1. The lowest BCUT2D eigenvalue weighted by Crippen LogP contribution is -2.56. The average molecular weight is 380 g/mol. The first kappa shape index (κ1) is 18.9. The fourth-order valence-corrected chi connectivity index (χ4v) is 4.67.